The molecule has 0 spiro atoms. The van der Waals surface area contributed by atoms with Crippen LogP contribution in [0.15, 0.2) is 24.3 Å². The zero-order valence-electron chi connectivity index (χ0n) is 11.1. The summed E-state index contributed by atoms with van der Waals surface area (Å²) in [5.74, 6) is -0.631. The van der Waals surface area contributed by atoms with Crippen molar-refractivity contribution >= 4 is 44.2 Å². The van der Waals surface area contributed by atoms with Crippen LogP contribution in [0.25, 0.3) is 0 Å². The molecule has 1 aromatic carbocycles. The predicted molar refractivity (Wildman–Crippen MR) is 86.7 cm³/mol. The van der Waals surface area contributed by atoms with Gasteiger partial charge in [0, 0.05) is 15.2 Å². The van der Waals surface area contributed by atoms with Crippen LogP contribution in [0.4, 0.5) is 0 Å². The summed E-state index contributed by atoms with van der Waals surface area (Å²) >= 11 is 2.14. The van der Waals surface area contributed by atoms with Gasteiger partial charge in [0.2, 0.25) is 5.91 Å². The highest BCUT2D eigenvalue weighted by Gasteiger charge is 2.28. The van der Waals surface area contributed by atoms with Crippen molar-refractivity contribution in [2.45, 2.75) is 12.5 Å². The summed E-state index contributed by atoms with van der Waals surface area (Å²) < 4.78 is 23.6. The zero-order valence-corrected chi connectivity index (χ0v) is 14.1. The summed E-state index contributed by atoms with van der Waals surface area (Å²) in [6.45, 7) is -0.165. The Morgan fingerprint density at radius 1 is 1.24 bits per heavy atom. The largest absolute Gasteiger partial charge is 0.351 e. The highest BCUT2D eigenvalue weighted by atomic mass is 127. The van der Waals surface area contributed by atoms with Crippen LogP contribution in [0.1, 0.15) is 16.8 Å². The van der Waals surface area contributed by atoms with Crippen molar-refractivity contribution in [3.05, 3.63) is 33.4 Å². The third-order valence-corrected chi connectivity index (χ3v) is 5.60. The molecule has 1 atom stereocenters. The summed E-state index contributed by atoms with van der Waals surface area (Å²) in [5, 5.41) is 5.13. The first-order chi connectivity index (χ1) is 9.85. The highest BCUT2D eigenvalue weighted by Crippen LogP contribution is 2.11. The number of amides is 2. The minimum Gasteiger partial charge on any atom is -0.351 e. The van der Waals surface area contributed by atoms with Crippen molar-refractivity contribution in [3.8, 4) is 0 Å². The molecule has 2 N–H and O–H groups in total. The fraction of sp³-hybridized carbons (Fsp3) is 0.385. The number of hydrogen-bond donors (Lipinski definition) is 2. The standard InChI is InChI=1S/C13H15IN2O4S/c14-10-3-1-9(2-4-10)13(18)15-7-12(17)16-11-5-6-21(19,20)8-11/h1-4,11H,5-8H2,(H,15,18)(H,16,17)/t11-/m0/s1. The van der Waals surface area contributed by atoms with E-state index in [1.54, 1.807) is 24.3 Å². The average Bonchev–Trinajstić information content (AvgIpc) is 2.76. The van der Waals surface area contributed by atoms with Gasteiger partial charge in [-0.15, -0.1) is 0 Å². The zero-order chi connectivity index (χ0) is 15.5. The number of carbonyl (C=O) groups is 2. The molecule has 1 aliphatic rings. The SMILES string of the molecule is O=C(CNC(=O)c1ccc(I)cc1)N[C@H]1CCS(=O)(=O)C1. The van der Waals surface area contributed by atoms with E-state index in [9.17, 15) is 18.0 Å². The van der Waals surface area contributed by atoms with Crippen molar-refractivity contribution in [1.82, 2.24) is 10.6 Å². The first kappa shape index (κ1) is 16.2. The number of rotatable bonds is 4. The van der Waals surface area contributed by atoms with E-state index in [-0.39, 0.29) is 35.9 Å². The van der Waals surface area contributed by atoms with Crippen LogP contribution in [0.5, 0.6) is 0 Å². The number of hydrogen-bond acceptors (Lipinski definition) is 4. The van der Waals surface area contributed by atoms with Gasteiger partial charge in [-0.25, -0.2) is 8.42 Å². The average molecular weight is 422 g/mol. The molecule has 8 heteroatoms. The highest BCUT2D eigenvalue weighted by molar-refractivity contribution is 14.1. The van der Waals surface area contributed by atoms with Crippen LogP contribution in [-0.2, 0) is 14.6 Å². The molecule has 1 aromatic rings. The minimum atomic E-state index is -3.02. The fourth-order valence-electron chi connectivity index (χ4n) is 2.05. The van der Waals surface area contributed by atoms with E-state index in [0.717, 1.165) is 3.57 Å². The molecule has 1 heterocycles. The summed E-state index contributed by atoms with van der Waals surface area (Å²) in [4.78, 5) is 23.5. The Hall–Kier alpha value is -1.16. The van der Waals surface area contributed by atoms with Gasteiger partial charge in [-0.3, -0.25) is 9.59 Å². The van der Waals surface area contributed by atoms with Gasteiger partial charge in [-0.05, 0) is 53.3 Å². The van der Waals surface area contributed by atoms with Crippen molar-refractivity contribution in [1.29, 1.82) is 0 Å². The molecule has 21 heavy (non-hydrogen) atoms. The smallest absolute Gasteiger partial charge is 0.251 e. The second-order valence-electron chi connectivity index (χ2n) is 4.86. The third kappa shape index (κ3) is 4.95. The predicted octanol–water partition coefficient (Wildman–Crippen LogP) is 0.324. The first-order valence-corrected chi connectivity index (χ1v) is 9.29. The van der Waals surface area contributed by atoms with E-state index in [2.05, 4.69) is 33.2 Å². The summed E-state index contributed by atoms with van der Waals surface area (Å²) in [6, 6.07) is 6.62. The van der Waals surface area contributed by atoms with Gasteiger partial charge in [0.1, 0.15) is 0 Å². The van der Waals surface area contributed by atoms with Gasteiger partial charge in [-0.2, -0.15) is 0 Å². The van der Waals surface area contributed by atoms with E-state index in [1.807, 2.05) is 0 Å². The normalized spacial score (nSPS) is 20.0. The van der Waals surface area contributed by atoms with Crippen LogP contribution in [-0.4, -0.2) is 44.3 Å². The lowest BCUT2D eigenvalue weighted by Crippen LogP contribution is -2.42. The molecule has 0 bridgehead atoms. The van der Waals surface area contributed by atoms with Crippen molar-refractivity contribution in [3.63, 3.8) is 0 Å². The fourth-order valence-corrected chi connectivity index (χ4v) is 4.08. The Bertz CT molecular complexity index is 643. The lowest BCUT2D eigenvalue weighted by Gasteiger charge is -2.11. The van der Waals surface area contributed by atoms with E-state index in [0.29, 0.717) is 12.0 Å². The maximum atomic E-state index is 11.8. The Balaban J connectivity index is 1.79. The molecule has 1 fully saturated rings. The molecule has 2 amide bonds. The van der Waals surface area contributed by atoms with Gasteiger partial charge < -0.3 is 10.6 Å². The molecule has 1 aliphatic heterocycles. The maximum Gasteiger partial charge on any atom is 0.251 e. The van der Waals surface area contributed by atoms with Gasteiger partial charge >= 0.3 is 0 Å². The van der Waals surface area contributed by atoms with Crippen LogP contribution in [0.3, 0.4) is 0 Å². The molecule has 114 valence electrons. The monoisotopic (exact) mass is 422 g/mol. The summed E-state index contributed by atoms with van der Waals surface area (Å²) in [7, 11) is -3.02. The molecular weight excluding hydrogens is 407 g/mol. The number of nitrogens with one attached hydrogen (secondary N) is 2. The lowest BCUT2D eigenvalue weighted by molar-refractivity contribution is -0.120. The van der Waals surface area contributed by atoms with Gasteiger partial charge in [0.25, 0.3) is 5.91 Å². The number of benzene rings is 1. The summed E-state index contributed by atoms with van der Waals surface area (Å²) in [5.41, 5.74) is 0.478. The van der Waals surface area contributed by atoms with Gasteiger partial charge in [-0.1, -0.05) is 0 Å². The first-order valence-electron chi connectivity index (χ1n) is 6.39. The Morgan fingerprint density at radius 3 is 2.48 bits per heavy atom. The minimum absolute atomic E-state index is 0.0240. The molecule has 0 aromatic heterocycles. The molecule has 0 radical (unpaired) electrons. The summed E-state index contributed by atoms with van der Waals surface area (Å²) in [6.07, 6.45) is 0.430. The van der Waals surface area contributed by atoms with Crippen LogP contribution >= 0.6 is 22.6 Å². The number of sulfone groups is 1. The van der Waals surface area contributed by atoms with Crippen LogP contribution in [0.2, 0.25) is 0 Å². The molecule has 6 nitrogen and oxygen atoms in total. The van der Waals surface area contributed by atoms with E-state index in [4.69, 9.17) is 0 Å². The number of carbonyl (C=O) groups excluding carboxylic acids is 2. The van der Waals surface area contributed by atoms with Gasteiger partial charge in [0.15, 0.2) is 9.84 Å². The Labute approximate surface area is 136 Å². The Kier molecular flexibility index (Phi) is 5.20. The van der Waals surface area contributed by atoms with Crippen LogP contribution < -0.4 is 10.6 Å². The van der Waals surface area contributed by atoms with Gasteiger partial charge in [0.05, 0.1) is 18.1 Å². The van der Waals surface area contributed by atoms with E-state index in [1.165, 1.54) is 0 Å². The third-order valence-electron chi connectivity index (χ3n) is 3.11. The van der Waals surface area contributed by atoms with Crippen LogP contribution in [0, 0.1) is 3.57 Å². The Morgan fingerprint density at radius 2 is 1.90 bits per heavy atom. The number of halogens is 1. The second-order valence-corrected chi connectivity index (χ2v) is 8.33. The molecule has 0 saturated carbocycles. The second kappa shape index (κ2) is 6.73. The lowest BCUT2D eigenvalue weighted by atomic mass is 10.2. The maximum absolute atomic E-state index is 11.8. The molecule has 1 saturated heterocycles. The van der Waals surface area contributed by atoms with Crippen molar-refractivity contribution in [2.24, 2.45) is 0 Å². The van der Waals surface area contributed by atoms with Crippen molar-refractivity contribution < 1.29 is 18.0 Å². The molecule has 0 aliphatic carbocycles. The molecule has 2 rings (SSSR count). The topological polar surface area (TPSA) is 92.3 Å². The molecule has 0 unspecified atom stereocenters. The molecular formula is C13H15IN2O4S. The van der Waals surface area contributed by atoms with E-state index < -0.39 is 9.84 Å². The van der Waals surface area contributed by atoms with E-state index >= 15 is 0 Å². The van der Waals surface area contributed by atoms with Crippen molar-refractivity contribution in [2.75, 3.05) is 18.1 Å². The quantitative estimate of drug-likeness (QED) is 0.684.